The Labute approximate surface area is 102 Å². The van der Waals surface area contributed by atoms with Gasteiger partial charge in [-0.25, -0.2) is 9.78 Å². The number of carbonyl (C=O) groups is 1. The molecule has 0 aliphatic rings. The second kappa shape index (κ2) is 4.43. The minimum absolute atomic E-state index is 0.0640. The number of phenols is 1. The van der Waals surface area contributed by atoms with Crippen LogP contribution in [0.1, 0.15) is 10.4 Å². The maximum atomic E-state index is 10.8. The van der Waals surface area contributed by atoms with Crippen LogP contribution in [0.3, 0.4) is 0 Å². The zero-order chi connectivity index (χ0) is 12.4. The molecule has 0 radical (unpaired) electrons. The Bertz CT molecular complexity index is 584. The van der Waals surface area contributed by atoms with Crippen LogP contribution in [0.4, 0.5) is 0 Å². The second-order valence-electron chi connectivity index (χ2n) is 3.36. The van der Waals surface area contributed by atoms with Crippen molar-refractivity contribution in [2.75, 3.05) is 0 Å². The van der Waals surface area contributed by atoms with Crippen LogP contribution in [0.2, 0.25) is 5.15 Å². The first-order chi connectivity index (χ1) is 8.09. The summed E-state index contributed by atoms with van der Waals surface area (Å²) in [4.78, 5) is 14.7. The number of hydrogen-bond acceptors (Lipinski definition) is 3. The molecular weight excluding hydrogens is 242 g/mol. The van der Waals surface area contributed by atoms with Crippen LogP contribution in [-0.4, -0.2) is 21.2 Å². The van der Waals surface area contributed by atoms with Crippen LogP contribution < -0.4 is 0 Å². The molecule has 17 heavy (non-hydrogen) atoms. The molecule has 0 amide bonds. The van der Waals surface area contributed by atoms with Gasteiger partial charge in [0.05, 0.1) is 11.3 Å². The molecule has 0 spiro atoms. The largest absolute Gasteiger partial charge is 0.507 e. The Morgan fingerprint density at radius 1 is 1.18 bits per heavy atom. The molecule has 5 heteroatoms. The minimum Gasteiger partial charge on any atom is -0.507 e. The number of aromatic carboxylic acids is 1. The molecule has 2 rings (SSSR count). The van der Waals surface area contributed by atoms with Gasteiger partial charge in [-0.05, 0) is 24.3 Å². The summed E-state index contributed by atoms with van der Waals surface area (Å²) in [6, 6.07) is 9.50. The third-order valence-corrected chi connectivity index (χ3v) is 2.55. The van der Waals surface area contributed by atoms with Crippen LogP contribution in [0, 0.1) is 0 Å². The first-order valence-corrected chi connectivity index (χ1v) is 5.15. The molecule has 0 unspecified atom stereocenters. The number of nitrogens with zero attached hydrogens (tertiary/aromatic N) is 1. The lowest BCUT2D eigenvalue weighted by atomic mass is 10.1. The maximum Gasteiger partial charge on any atom is 0.338 e. The van der Waals surface area contributed by atoms with Gasteiger partial charge in [0.2, 0.25) is 0 Å². The number of rotatable bonds is 2. The van der Waals surface area contributed by atoms with Gasteiger partial charge in [-0.2, -0.15) is 0 Å². The summed E-state index contributed by atoms with van der Waals surface area (Å²) < 4.78 is 0. The van der Waals surface area contributed by atoms with Crippen molar-refractivity contribution in [1.82, 2.24) is 4.98 Å². The average molecular weight is 250 g/mol. The monoisotopic (exact) mass is 249 g/mol. The molecule has 0 aliphatic heterocycles. The van der Waals surface area contributed by atoms with Gasteiger partial charge in [0.1, 0.15) is 10.9 Å². The van der Waals surface area contributed by atoms with Crippen molar-refractivity contribution in [1.29, 1.82) is 0 Å². The Balaban J connectivity index is 2.52. The molecule has 0 saturated carbocycles. The third kappa shape index (κ3) is 2.21. The number of benzene rings is 1. The fourth-order valence-corrected chi connectivity index (χ4v) is 1.67. The fourth-order valence-electron chi connectivity index (χ4n) is 1.43. The molecule has 2 N–H and O–H groups in total. The highest BCUT2D eigenvalue weighted by Crippen LogP contribution is 2.28. The molecule has 0 saturated heterocycles. The lowest BCUT2D eigenvalue weighted by molar-refractivity contribution is 0.0696. The Kier molecular flexibility index (Phi) is 2.97. The standard InChI is InChI=1S/C12H8ClNO3/c13-11-8(12(16)17)5-6-9(14-11)7-3-1-2-4-10(7)15/h1-6,15H,(H,16,17). The minimum atomic E-state index is -1.13. The van der Waals surface area contributed by atoms with E-state index >= 15 is 0 Å². The molecule has 1 aromatic heterocycles. The van der Waals surface area contributed by atoms with Gasteiger partial charge in [-0.15, -0.1) is 0 Å². The highest BCUT2D eigenvalue weighted by Gasteiger charge is 2.12. The topological polar surface area (TPSA) is 70.4 Å². The molecule has 4 nitrogen and oxygen atoms in total. The molecule has 1 heterocycles. The Morgan fingerprint density at radius 2 is 1.88 bits per heavy atom. The zero-order valence-corrected chi connectivity index (χ0v) is 9.35. The molecule has 86 valence electrons. The van der Waals surface area contributed by atoms with Gasteiger partial charge in [0, 0.05) is 5.56 Å². The number of carboxylic acid groups (broad SMARTS) is 1. The van der Waals surface area contributed by atoms with Gasteiger partial charge in [-0.3, -0.25) is 0 Å². The zero-order valence-electron chi connectivity index (χ0n) is 8.59. The van der Waals surface area contributed by atoms with Crippen LogP contribution in [0.5, 0.6) is 5.75 Å². The number of halogens is 1. The average Bonchev–Trinajstić information content (AvgIpc) is 2.29. The van der Waals surface area contributed by atoms with E-state index in [0.29, 0.717) is 11.3 Å². The normalized spacial score (nSPS) is 10.2. The summed E-state index contributed by atoms with van der Waals surface area (Å²) in [5, 5.41) is 18.3. The SMILES string of the molecule is O=C(O)c1ccc(-c2ccccc2O)nc1Cl. The molecule has 2 aromatic rings. The highest BCUT2D eigenvalue weighted by atomic mass is 35.5. The third-order valence-electron chi connectivity index (χ3n) is 2.26. The Morgan fingerprint density at radius 3 is 2.47 bits per heavy atom. The maximum absolute atomic E-state index is 10.8. The first-order valence-electron chi connectivity index (χ1n) is 4.78. The van der Waals surface area contributed by atoms with E-state index in [4.69, 9.17) is 16.7 Å². The van der Waals surface area contributed by atoms with Gasteiger partial charge in [0.25, 0.3) is 0 Å². The van der Waals surface area contributed by atoms with Gasteiger partial charge >= 0.3 is 5.97 Å². The summed E-state index contributed by atoms with van der Waals surface area (Å²) in [5.41, 5.74) is 0.871. The summed E-state index contributed by atoms with van der Waals surface area (Å²) in [7, 11) is 0. The number of aromatic hydroxyl groups is 1. The summed E-state index contributed by atoms with van der Waals surface area (Å²) in [6.07, 6.45) is 0. The van der Waals surface area contributed by atoms with Crippen LogP contribution in [0.15, 0.2) is 36.4 Å². The van der Waals surface area contributed by atoms with Crippen molar-refractivity contribution in [3.63, 3.8) is 0 Å². The quantitative estimate of drug-likeness (QED) is 0.803. The number of carboxylic acids is 1. The lowest BCUT2D eigenvalue weighted by Crippen LogP contribution is -1.99. The van der Waals surface area contributed by atoms with Gasteiger partial charge in [-0.1, -0.05) is 23.7 Å². The van der Waals surface area contributed by atoms with E-state index in [-0.39, 0.29) is 16.5 Å². The number of aromatic nitrogens is 1. The molecule has 0 aliphatic carbocycles. The van der Waals surface area contributed by atoms with Crippen molar-refractivity contribution in [3.8, 4) is 17.0 Å². The van der Waals surface area contributed by atoms with E-state index < -0.39 is 5.97 Å². The number of para-hydroxylation sites is 1. The van der Waals surface area contributed by atoms with Gasteiger partial charge in [0.15, 0.2) is 0 Å². The van der Waals surface area contributed by atoms with E-state index in [0.717, 1.165) is 0 Å². The second-order valence-corrected chi connectivity index (χ2v) is 3.72. The summed E-state index contributed by atoms with van der Waals surface area (Å²) in [5.74, 6) is -1.06. The predicted molar refractivity (Wildman–Crippen MR) is 63.3 cm³/mol. The lowest BCUT2D eigenvalue weighted by Gasteiger charge is -2.05. The Hall–Kier alpha value is -2.07. The predicted octanol–water partition coefficient (Wildman–Crippen LogP) is 2.81. The molecule has 0 fully saturated rings. The number of hydrogen-bond donors (Lipinski definition) is 2. The van der Waals surface area contributed by atoms with Crippen molar-refractivity contribution in [2.24, 2.45) is 0 Å². The highest BCUT2D eigenvalue weighted by molar-refractivity contribution is 6.32. The van der Waals surface area contributed by atoms with Crippen LogP contribution >= 0.6 is 11.6 Å². The van der Waals surface area contributed by atoms with Crippen LogP contribution in [0.25, 0.3) is 11.3 Å². The van der Waals surface area contributed by atoms with E-state index in [1.165, 1.54) is 18.2 Å². The van der Waals surface area contributed by atoms with E-state index in [9.17, 15) is 9.90 Å². The summed E-state index contributed by atoms with van der Waals surface area (Å²) in [6.45, 7) is 0. The van der Waals surface area contributed by atoms with Crippen molar-refractivity contribution in [3.05, 3.63) is 47.1 Å². The van der Waals surface area contributed by atoms with E-state index in [1.54, 1.807) is 18.2 Å². The molecule has 0 bridgehead atoms. The van der Waals surface area contributed by atoms with E-state index in [2.05, 4.69) is 4.98 Å². The summed E-state index contributed by atoms with van der Waals surface area (Å²) >= 11 is 5.75. The number of pyridine rings is 1. The molecular formula is C12H8ClNO3. The smallest absolute Gasteiger partial charge is 0.338 e. The van der Waals surface area contributed by atoms with Crippen LogP contribution in [-0.2, 0) is 0 Å². The van der Waals surface area contributed by atoms with Crippen molar-refractivity contribution in [2.45, 2.75) is 0 Å². The van der Waals surface area contributed by atoms with Gasteiger partial charge < -0.3 is 10.2 Å². The van der Waals surface area contributed by atoms with Crippen molar-refractivity contribution >= 4 is 17.6 Å². The number of phenolic OH excluding ortho intramolecular Hbond substituents is 1. The molecule has 0 atom stereocenters. The van der Waals surface area contributed by atoms with E-state index in [1.807, 2.05) is 0 Å². The first kappa shape index (κ1) is 11.4. The van der Waals surface area contributed by atoms with Crippen molar-refractivity contribution < 1.29 is 15.0 Å². The fraction of sp³-hybridized carbons (Fsp3) is 0. The molecule has 1 aromatic carbocycles.